The minimum Gasteiger partial charge on any atom is -0.347 e. The van der Waals surface area contributed by atoms with Gasteiger partial charge in [-0.3, -0.25) is 9.59 Å². The van der Waals surface area contributed by atoms with Gasteiger partial charge in [0.05, 0.1) is 21.6 Å². The van der Waals surface area contributed by atoms with Crippen LogP contribution >= 0.6 is 47.2 Å². The van der Waals surface area contributed by atoms with Gasteiger partial charge < -0.3 is 15.1 Å². The largest absolute Gasteiger partial charge is 0.347 e. The molecule has 2 unspecified atom stereocenters. The first-order valence-electron chi connectivity index (χ1n) is 13.3. The van der Waals surface area contributed by atoms with Crippen molar-refractivity contribution >= 4 is 59.0 Å². The topological polar surface area (TPSA) is 52.7 Å². The number of halogens is 4. The monoisotopic (exact) mass is 619 g/mol. The van der Waals surface area contributed by atoms with E-state index in [9.17, 15) is 9.59 Å². The maximum absolute atomic E-state index is 13.2. The summed E-state index contributed by atoms with van der Waals surface area (Å²) in [6.45, 7) is 4.14. The van der Waals surface area contributed by atoms with Crippen molar-refractivity contribution in [1.82, 2.24) is 15.1 Å². The number of fused-ring (bicyclic) bond motifs is 1. The average Bonchev–Trinajstić information content (AvgIpc) is 3.16. The first-order valence-corrected chi connectivity index (χ1v) is 14.4. The fourth-order valence-electron chi connectivity index (χ4n) is 6.29. The molecule has 2 aliphatic rings. The van der Waals surface area contributed by atoms with Crippen LogP contribution in [0.5, 0.6) is 0 Å². The molecular formula is C31H33Cl4N3O2. The van der Waals surface area contributed by atoms with E-state index in [2.05, 4.69) is 22.3 Å². The Bertz CT molecular complexity index is 1380. The zero-order valence-electron chi connectivity index (χ0n) is 22.5. The van der Waals surface area contributed by atoms with Crippen molar-refractivity contribution in [3.8, 4) is 0 Å². The molecule has 5 rings (SSSR count). The maximum Gasteiger partial charge on any atom is 0.254 e. The predicted molar refractivity (Wildman–Crippen MR) is 165 cm³/mol. The lowest BCUT2D eigenvalue weighted by Crippen LogP contribution is -2.52. The van der Waals surface area contributed by atoms with Gasteiger partial charge in [0.2, 0.25) is 5.91 Å². The Morgan fingerprint density at radius 3 is 2.35 bits per heavy atom. The molecule has 212 valence electrons. The Balaban J connectivity index is 0.00000370. The SMILES string of the molecule is CC(=O)NC1(c2ccccc2)CCN(CCC(c2ccc(Cl)c(Cl)c2)C2c3ccc(Cl)cc3C(=O)N2C)CC1.Cl. The van der Waals surface area contributed by atoms with Crippen LogP contribution in [-0.4, -0.2) is 48.3 Å². The highest BCUT2D eigenvalue weighted by Gasteiger charge is 2.41. The third kappa shape index (κ3) is 6.14. The number of carbonyl (C=O) groups is 2. The highest BCUT2D eigenvalue weighted by molar-refractivity contribution is 6.42. The van der Waals surface area contributed by atoms with Crippen LogP contribution in [-0.2, 0) is 10.3 Å². The van der Waals surface area contributed by atoms with E-state index in [-0.39, 0.29) is 41.7 Å². The Labute approximate surface area is 257 Å². The highest BCUT2D eigenvalue weighted by Crippen LogP contribution is 2.46. The summed E-state index contributed by atoms with van der Waals surface area (Å²) in [4.78, 5) is 29.6. The maximum atomic E-state index is 13.2. The van der Waals surface area contributed by atoms with Crippen LogP contribution in [0, 0.1) is 0 Å². The Morgan fingerprint density at radius 2 is 1.70 bits per heavy atom. The van der Waals surface area contributed by atoms with Gasteiger partial charge in [0.25, 0.3) is 5.91 Å². The molecule has 1 saturated heterocycles. The summed E-state index contributed by atoms with van der Waals surface area (Å²) >= 11 is 19.0. The number of amides is 2. The van der Waals surface area contributed by atoms with Gasteiger partial charge in [-0.15, -0.1) is 12.4 Å². The zero-order valence-corrected chi connectivity index (χ0v) is 25.6. The van der Waals surface area contributed by atoms with E-state index in [0.29, 0.717) is 20.6 Å². The molecule has 0 aromatic heterocycles. The van der Waals surface area contributed by atoms with Gasteiger partial charge in [0, 0.05) is 43.6 Å². The number of hydrogen-bond donors (Lipinski definition) is 1. The minimum absolute atomic E-state index is 0. The molecule has 0 radical (unpaired) electrons. The Morgan fingerprint density at radius 1 is 1.00 bits per heavy atom. The van der Waals surface area contributed by atoms with Crippen molar-refractivity contribution in [2.75, 3.05) is 26.7 Å². The number of carbonyl (C=O) groups excluding carboxylic acids is 2. The van der Waals surface area contributed by atoms with Crippen LogP contribution in [0.25, 0.3) is 0 Å². The van der Waals surface area contributed by atoms with E-state index in [4.69, 9.17) is 34.8 Å². The lowest BCUT2D eigenvalue weighted by Gasteiger charge is -2.43. The molecule has 3 aromatic carbocycles. The summed E-state index contributed by atoms with van der Waals surface area (Å²) in [7, 11) is 1.86. The Hall–Kier alpha value is -2.28. The van der Waals surface area contributed by atoms with E-state index >= 15 is 0 Å². The van der Waals surface area contributed by atoms with E-state index in [1.165, 1.54) is 0 Å². The summed E-state index contributed by atoms with van der Waals surface area (Å²) in [5.41, 5.74) is 3.47. The molecule has 0 saturated carbocycles. The van der Waals surface area contributed by atoms with Gasteiger partial charge >= 0.3 is 0 Å². The predicted octanol–water partition coefficient (Wildman–Crippen LogP) is 7.50. The number of hydrogen-bond acceptors (Lipinski definition) is 3. The summed E-state index contributed by atoms with van der Waals surface area (Å²) in [5, 5.41) is 4.82. The normalized spacial score (nSPS) is 19.1. The highest BCUT2D eigenvalue weighted by atomic mass is 35.5. The van der Waals surface area contributed by atoms with Crippen molar-refractivity contribution in [3.05, 3.63) is 104 Å². The molecule has 0 spiro atoms. The standard InChI is InChI=1S/C31H32Cl3N3O2.ClH/c1-20(38)35-31(22-6-4-3-5-7-22)13-16-37(17-14-31)15-12-24(21-8-11-27(33)28(34)18-21)29-25-10-9-23(32)19-26(25)30(39)36(29)2;/h3-11,18-19,24,29H,12-17H2,1-2H3,(H,35,38);1H. The second kappa shape index (κ2) is 12.7. The summed E-state index contributed by atoms with van der Waals surface area (Å²) < 4.78 is 0. The molecule has 0 bridgehead atoms. The van der Waals surface area contributed by atoms with Gasteiger partial charge in [-0.1, -0.05) is 77.3 Å². The van der Waals surface area contributed by atoms with E-state index in [0.717, 1.165) is 55.6 Å². The van der Waals surface area contributed by atoms with Crippen LogP contribution in [0.1, 0.15) is 65.2 Å². The summed E-state index contributed by atoms with van der Waals surface area (Å²) in [6, 6.07) is 21.5. The number of nitrogens with one attached hydrogen (secondary N) is 1. The van der Waals surface area contributed by atoms with E-state index < -0.39 is 0 Å². The van der Waals surface area contributed by atoms with Crippen molar-refractivity contribution in [2.45, 2.75) is 43.7 Å². The second-order valence-corrected chi connectivity index (χ2v) is 11.9. The van der Waals surface area contributed by atoms with E-state index in [1.54, 1.807) is 13.0 Å². The molecule has 9 heteroatoms. The Kier molecular flexibility index (Phi) is 9.74. The average molecular weight is 621 g/mol. The van der Waals surface area contributed by atoms with E-state index in [1.807, 2.05) is 60.5 Å². The summed E-state index contributed by atoms with van der Waals surface area (Å²) in [5.74, 6) is -0.0320. The quantitative estimate of drug-likeness (QED) is 0.298. The molecule has 2 atom stereocenters. The van der Waals surface area contributed by atoms with Crippen molar-refractivity contribution in [3.63, 3.8) is 0 Å². The number of likely N-dealkylation sites (N-methyl/N-ethyl adjacent to an activating group) is 1. The summed E-state index contributed by atoms with van der Waals surface area (Å²) in [6.07, 6.45) is 2.48. The molecule has 1 fully saturated rings. The molecule has 2 aliphatic heterocycles. The number of benzene rings is 3. The molecule has 2 amide bonds. The van der Waals surface area contributed by atoms with Crippen LogP contribution in [0.4, 0.5) is 0 Å². The van der Waals surface area contributed by atoms with Crippen LogP contribution in [0.15, 0.2) is 66.7 Å². The molecule has 2 heterocycles. The first kappa shape index (κ1) is 30.7. The van der Waals surface area contributed by atoms with Gasteiger partial charge in [0.15, 0.2) is 0 Å². The van der Waals surface area contributed by atoms with Gasteiger partial charge in [-0.2, -0.15) is 0 Å². The molecule has 3 aromatic rings. The zero-order chi connectivity index (χ0) is 27.7. The number of rotatable bonds is 7. The lowest BCUT2D eigenvalue weighted by molar-refractivity contribution is -0.121. The van der Waals surface area contributed by atoms with Crippen LogP contribution in [0.2, 0.25) is 15.1 Å². The smallest absolute Gasteiger partial charge is 0.254 e. The van der Waals surface area contributed by atoms with Crippen LogP contribution < -0.4 is 5.32 Å². The molecule has 5 nitrogen and oxygen atoms in total. The number of piperidine rings is 1. The molecule has 40 heavy (non-hydrogen) atoms. The third-order valence-electron chi connectivity index (χ3n) is 8.26. The molecular weight excluding hydrogens is 588 g/mol. The van der Waals surface area contributed by atoms with Gasteiger partial charge in [0.1, 0.15) is 0 Å². The van der Waals surface area contributed by atoms with Crippen molar-refractivity contribution < 1.29 is 9.59 Å². The van der Waals surface area contributed by atoms with Gasteiger partial charge in [-0.05, 0) is 66.8 Å². The first-order chi connectivity index (χ1) is 18.7. The fraction of sp³-hybridized carbons (Fsp3) is 0.355. The van der Waals surface area contributed by atoms with Crippen molar-refractivity contribution in [2.24, 2.45) is 0 Å². The second-order valence-electron chi connectivity index (χ2n) is 10.6. The number of nitrogens with zero attached hydrogens (tertiary/aromatic N) is 2. The van der Waals surface area contributed by atoms with Crippen molar-refractivity contribution in [1.29, 1.82) is 0 Å². The lowest BCUT2D eigenvalue weighted by atomic mass is 9.80. The minimum atomic E-state index is -0.358. The van der Waals surface area contributed by atoms with Crippen LogP contribution in [0.3, 0.4) is 0 Å². The van der Waals surface area contributed by atoms with Gasteiger partial charge in [-0.25, -0.2) is 0 Å². The number of likely N-dealkylation sites (tertiary alicyclic amines) is 1. The fourth-order valence-corrected chi connectivity index (χ4v) is 6.77. The molecule has 0 aliphatic carbocycles. The molecule has 1 N–H and O–H groups in total. The third-order valence-corrected chi connectivity index (χ3v) is 9.24.